The molecule has 1 aliphatic heterocycles. The Hall–Kier alpha value is -0.860. The van der Waals surface area contributed by atoms with Crippen molar-refractivity contribution in [1.82, 2.24) is 5.32 Å². The summed E-state index contributed by atoms with van der Waals surface area (Å²) in [6.45, 7) is 10.7. The number of benzene rings is 1. The van der Waals surface area contributed by atoms with Crippen LogP contribution in [0.1, 0.15) is 39.4 Å². The summed E-state index contributed by atoms with van der Waals surface area (Å²) in [5, 5.41) is 3.31. The number of hydrogen-bond acceptors (Lipinski definition) is 2. The Morgan fingerprint density at radius 2 is 1.69 bits per heavy atom. The SMILES string of the molecule is CC.CC.c1ccc(C2CNCCO2)cc1. The first kappa shape index (κ1) is 15.1. The molecule has 1 N–H and O–H groups in total. The molecule has 1 aromatic rings. The van der Waals surface area contributed by atoms with E-state index in [0.717, 1.165) is 19.7 Å². The molecule has 0 saturated carbocycles. The van der Waals surface area contributed by atoms with Gasteiger partial charge >= 0.3 is 0 Å². The van der Waals surface area contributed by atoms with Crippen molar-refractivity contribution in [1.29, 1.82) is 0 Å². The minimum atomic E-state index is 0.250. The molecule has 0 amide bonds. The van der Waals surface area contributed by atoms with Gasteiger partial charge in [0.1, 0.15) is 0 Å². The average Bonchev–Trinajstić information content (AvgIpc) is 2.45. The predicted molar refractivity (Wildman–Crippen MR) is 70.7 cm³/mol. The van der Waals surface area contributed by atoms with Gasteiger partial charge in [-0.2, -0.15) is 0 Å². The van der Waals surface area contributed by atoms with E-state index in [1.807, 2.05) is 45.9 Å². The largest absolute Gasteiger partial charge is 0.371 e. The van der Waals surface area contributed by atoms with E-state index >= 15 is 0 Å². The van der Waals surface area contributed by atoms with E-state index in [1.165, 1.54) is 5.56 Å². The van der Waals surface area contributed by atoms with Crippen molar-refractivity contribution in [3.8, 4) is 0 Å². The molecule has 1 saturated heterocycles. The van der Waals surface area contributed by atoms with Crippen LogP contribution in [-0.2, 0) is 4.74 Å². The van der Waals surface area contributed by atoms with Gasteiger partial charge in [-0.1, -0.05) is 58.0 Å². The van der Waals surface area contributed by atoms with Crippen LogP contribution in [0.4, 0.5) is 0 Å². The molecule has 0 aromatic heterocycles. The fraction of sp³-hybridized carbons (Fsp3) is 0.571. The number of ether oxygens (including phenoxy) is 1. The molecule has 1 aromatic carbocycles. The van der Waals surface area contributed by atoms with Gasteiger partial charge in [0.2, 0.25) is 0 Å². The highest BCUT2D eigenvalue weighted by molar-refractivity contribution is 5.18. The maximum atomic E-state index is 5.60. The second-order valence-corrected chi connectivity index (χ2v) is 2.97. The molecule has 2 rings (SSSR count). The molecule has 1 aliphatic rings. The molecule has 2 heteroatoms. The third-order valence-electron chi connectivity index (χ3n) is 2.10. The van der Waals surface area contributed by atoms with E-state index in [-0.39, 0.29) is 6.10 Å². The molecule has 1 fully saturated rings. The van der Waals surface area contributed by atoms with Gasteiger partial charge in [0.05, 0.1) is 12.7 Å². The monoisotopic (exact) mass is 223 g/mol. The van der Waals surface area contributed by atoms with Crippen molar-refractivity contribution >= 4 is 0 Å². The van der Waals surface area contributed by atoms with Gasteiger partial charge in [0.25, 0.3) is 0 Å². The molecule has 1 heterocycles. The standard InChI is InChI=1S/C10H13NO.2C2H6/c1-2-4-9(5-3-1)10-8-11-6-7-12-10;2*1-2/h1-5,10-11H,6-8H2;2*1-2H3. The van der Waals surface area contributed by atoms with Gasteiger partial charge in [-0.15, -0.1) is 0 Å². The lowest BCUT2D eigenvalue weighted by molar-refractivity contribution is 0.0277. The highest BCUT2D eigenvalue weighted by atomic mass is 16.5. The quantitative estimate of drug-likeness (QED) is 0.788. The number of morpholine rings is 1. The van der Waals surface area contributed by atoms with Crippen LogP contribution in [0.15, 0.2) is 30.3 Å². The van der Waals surface area contributed by atoms with Gasteiger partial charge in [-0.3, -0.25) is 0 Å². The average molecular weight is 223 g/mol. The van der Waals surface area contributed by atoms with Crippen LogP contribution in [0.2, 0.25) is 0 Å². The molecule has 0 spiro atoms. The highest BCUT2D eigenvalue weighted by Gasteiger charge is 2.14. The Labute approximate surface area is 100 Å². The van der Waals surface area contributed by atoms with E-state index in [9.17, 15) is 0 Å². The topological polar surface area (TPSA) is 21.3 Å². The fourth-order valence-electron chi connectivity index (χ4n) is 1.45. The van der Waals surface area contributed by atoms with E-state index in [2.05, 4.69) is 17.4 Å². The molecule has 1 unspecified atom stereocenters. The van der Waals surface area contributed by atoms with Gasteiger partial charge in [0, 0.05) is 13.1 Å². The Balaban J connectivity index is 0.000000509. The van der Waals surface area contributed by atoms with Crippen molar-refractivity contribution in [2.24, 2.45) is 0 Å². The zero-order valence-electron chi connectivity index (χ0n) is 11.0. The Morgan fingerprint density at radius 1 is 1.06 bits per heavy atom. The first-order chi connectivity index (χ1) is 7.97. The Bertz CT molecular complexity index is 230. The number of nitrogens with one attached hydrogen (secondary N) is 1. The molecule has 2 nitrogen and oxygen atoms in total. The zero-order valence-corrected chi connectivity index (χ0v) is 11.0. The molecule has 1 atom stereocenters. The number of rotatable bonds is 1. The highest BCUT2D eigenvalue weighted by Crippen LogP contribution is 2.17. The minimum Gasteiger partial charge on any atom is -0.371 e. The van der Waals surface area contributed by atoms with Crippen molar-refractivity contribution < 1.29 is 4.74 Å². The van der Waals surface area contributed by atoms with E-state index in [0.29, 0.717) is 0 Å². The van der Waals surface area contributed by atoms with Crippen LogP contribution in [-0.4, -0.2) is 19.7 Å². The van der Waals surface area contributed by atoms with Crippen LogP contribution in [0.5, 0.6) is 0 Å². The molecule has 0 radical (unpaired) electrons. The summed E-state index contributed by atoms with van der Waals surface area (Å²) < 4.78 is 5.60. The third kappa shape index (κ3) is 5.29. The van der Waals surface area contributed by atoms with Crippen LogP contribution >= 0.6 is 0 Å². The van der Waals surface area contributed by atoms with Gasteiger partial charge < -0.3 is 10.1 Å². The summed E-state index contributed by atoms with van der Waals surface area (Å²) in [6, 6.07) is 10.3. The Kier molecular flexibility index (Phi) is 10.1. The third-order valence-corrected chi connectivity index (χ3v) is 2.10. The molecular weight excluding hydrogens is 198 g/mol. The van der Waals surface area contributed by atoms with Crippen LogP contribution in [0, 0.1) is 0 Å². The predicted octanol–water partition coefficient (Wildman–Crippen LogP) is 3.40. The van der Waals surface area contributed by atoms with Gasteiger partial charge in [-0.25, -0.2) is 0 Å². The fourth-order valence-corrected chi connectivity index (χ4v) is 1.45. The van der Waals surface area contributed by atoms with Crippen molar-refractivity contribution in [3.05, 3.63) is 35.9 Å². The molecule has 92 valence electrons. The van der Waals surface area contributed by atoms with Crippen molar-refractivity contribution in [2.75, 3.05) is 19.7 Å². The lowest BCUT2D eigenvalue weighted by Crippen LogP contribution is -2.33. The lowest BCUT2D eigenvalue weighted by Gasteiger charge is -2.23. The summed E-state index contributed by atoms with van der Waals surface area (Å²) in [6.07, 6.45) is 0.250. The summed E-state index contributed by atoms with van der Waals surface area (Å²) in [4.78, 5) is 0. The second-order valence-electron chi connectivity index (χ2n) is 2.97. The summed E-state index contributed by atoms with van der Waals surface area (Å²) in [5.74, 6) is 0. The second kappa shape index (κ2) is 10.7. The number of hydrogen-bond donors (Lipinski definition) is 1. The van der Waals surface area contributed by atoms with E-state index < -0.39 is 0 Å². The van der Waals surface area contributed by atoms with Gasteiger partial charge in [-0.05, 0) is 5.56 Å². The summed E-state index contributed by atoms with van der Waals surface area (Å²) in [7, 11) is 0. The van der Waals surface area contributed by atoms with Crippen LogP contribution in [0.25, 0.3) is 0 Å². The van der Waals surface area contributed by atoms with Crippen LogP contribution < -0.4 is 5.32 Å². The molecule has 16 heavy (non-hydrogen) atoms. The van der Waals surface area contributed by atoms with Crippen LogP contribution in [0.3, 0.4) is 0 Å². The normalized spacial score (nSPS) is 18.6. The minimum absolute atomic E-state index is 0.250. The summed E-state index contributed by atoms with van der Waals surface area (Å²) in [5.41, 5.74) is 1.27. The van der Waals surface area contributed by atoms with Crippen molar-refractivity contribution in [2.45, 2.75) is 33.8 Å². The molecule has 0 aliphatic carbocycles. The smallest absolute Gasteiger partial charge is 0.0949 e. The molecule has 0 bridgehead atoms. The lowest BCUT2D eigenvalue weighted by atomic mass is 10.1. The van der Waals surface area contributed by atoms with E-state index in [1.54, 1.807) is 0 Å². The molecular formula is C14H25NO. The first-order valence-corrected chi connectivity index (χ1v) is 6.34. The first-order valence-electron chi connectivity index (χ1n) is 6.34. The van der Waals surface area contributed by atoms with Crippen molar-refractivity contribution in [3.63, 3.8) is 0 Å². The van der Waals surface area contributed by atoms with E-state index in [4.69, 9.17) is 4.74 Å². The maximum Gasteiger partial charge on any atom is 0.0949 e. The zero-order chi connectivity index (χ0) is 12.2. The van der Waals surface area contributed by atoms with Gasteiger partial charge in [0.15, 0.2) is 0 Å². The maximum absolute atomic E-state index is 5.60. The summed E-state index contributed by atoms with van der Waals surface area (Å²) >= 11 is 0. The Morgan fingerprint density at radius 3 is 2.19 bits per heavy atom.